The fourth-order valence-electron chi connectivity index (χ4n) is 2.49. The van der Waals surface area contributed by atoms with E-state index in [1.807, 2.05) is 43.3 Å². The van der Waals surface area contributed by atoms with Gasteiger partial charge in [0.1, 0.15) is 0 Å². The number of aryl methyl sites for hydroxylation is 1. The Labute approximate surface area is 157 Å². The van der Waals surface area contributed by atoms with Gasteiger partial charge < -0.3 is 10.2 Å². The first-order chi connectivity index (χ1) is 12.6. The fourth-order valence-corrected chi connectivity index (χ4v) is 2.67. The van der Waals surface area contributed by atoms with Crippen LogP contribution in [-0.2, 0) is 13.1 Å². The molecule has 1 aromatic carbocycles. The van der Waals surface area contributed by atoms with Gasteiger partial charge in [0.05, 0.1) is 0 Å². The smallest absolute Gasteiger partial charge is 0.316 e. The molecule has 5 nitrogen and oxygen atoms in total. The predicted octanol–water partition coefficient (Wildman–Crippen LogP) is 4.67. The summed E-state index contributed by atoms with van der Waals surface area (Å²) in [5.41, 5.74) is 3.59. The molecule has 0 fully saturated rings. The summed E-state index contributed by atoms with van der Waals surface area (Å²) in [5, 5.41) is 3.54. The average molecular weight is 367 g/mol. The van der Waals surface area contributed by atoms with E-state index in [1.165, 1.54) is 0 Å². The van der Waals surface area contributed by atoms with E-state index in [4.69, 9.17) is 11.6 Å². The van der Waals surface area contributed by atoms with Crippen molar-refractivity contribution in [3.63, 3.8) is 0 Å². The summed E-state index contributed by atoms with van der Waals surface area (Å²) in [6, 6.07) is 12.9. The molecule has 2 amide bonds. The molecule has 0 saturated heterocycles. The van der Waals surface area contributed by atoms with Crippen LogP contribution < -0.4 is 5.32 Å². The van der Waals surface area contributed by atoms with Crippen LogP contribution in [0.25, 0.3) is 0 Å². The number of hydrogen-bond donors (Lipinski definition) is 1. The van der Waals surface area contributed by atoms with Crippen molar-refractivity contribution >= 4 is 23.3 Å². The number of rotatable bonds is 5. The number of anilines is 1. The van der Waals surface area contributed by atoms with E-state index in [-0.39, 0.29) is 6.03 Å². The Morgan fingerprint density at radius 3 is 2.50 bits per heavy atom. The maximum absolute atomic E-state index is 12.9. The Kier molecular flexibility index (Phi) is 5.81. The molecule has 0 aliphatic carbocycles. The Morgan fingerprint density at radius 2 is 1.81 bits per heavy atom. The molecule has 3 rings (SSSR count). The molecule has 0 unspecified atom stereocenters. The van der Waals surface area contributed by atoms with E-state index in [1.54, 1.807) is 35.8 Å². The number of aromatic nitrogens is 2. The van der Waals surface area contributed by atoms with Crippen molar-refractivity contribution in [2.24, 2.45) is 0 Å². The third kappa shape index (κ3) is 4.80. The van der Waals surface area contributed by atoms with Gasteiger partial charge in [0.15, 0.2) is 0 Å². The number of pyridine rings is 2. The minimum Gasteiger partial charge on any atom is -0.316 e. The molecule has 1 N–H and O–H groups in total. The van der Waals surface area contributed by atoms with E-state index < -0.39 is 0 Å². The van der Waals surface area contributed by atoms with Crippen LogP contribution in [0.2, 0.25) is 5.02 Å². The number of urea groups is 1. The van der Waals surface area contributed by atoms with Crippen molar-refractivity contribution < 1.29 is 4.79 Å². The maximum atomic E-state index is 12.9. The molecule has 3 aromatic rings. The summed E-state index contributed by atoms with van der Waals surface area (Å²) in [6.45, 7) is 2.83. The molecule has 2 heterocycles. The molecule has 0 saturated carbocycles. The van der Waals surface area contributed by atoms with Gasteiger partial charge in [0.25, 0.3) is 0 Å². The van der Waals surface area contributed by atoms with Gasteiger partial charge >= 0.3 is 6.03 Å². The Morgan fingerprint density at radius 1 is 1.04 bits per heavy atom. The second-order valence-corrected chi connectivity index (χ2v) is 6.37. The number of carbonyl (C=O) groups excluding carboxylic acids is 1. The lowest BCUT2D eigenvalue weighted by Crippen LogP contribution is -2.34. The van der Waals surface area contributed by atoms with Gasteiger partial charge in [-0.2, -0.15) is 0 Å². The number of benzene rings is 1. The monoisotopic (exact) mass is 366 g/mol. The summed E-state index contributed by atoms with van der Waals surface area (Å²) in [5.74, 6) is 0. The van der Waals surface area contributed by atoms with Crippen molar-refractivity contribution in [1.29, 1.82) is 0 Å². The Hall–Kier alpha value is -2.92. The maximum Gasteiger partial charge on any atom is 0.322 e. The van der Waals surface area contributed by atoms with Gasteiger partial charge in [0.2, 0.25) is 0 Å². The van der Waals surface area contributed by atoms with Crippen LogP contribution in [0.3, 0.4) is 0 Å². The first-order valence-corrected chi connectivity index (χ1v) is 8.59. The van der Waals surface area contributed by atoms with Crippen molar-refractivity contribution in [3.8, 4) is 0 Å². The van der Waals surface area contributed by atoms with Crippen molar-refractivity contribution in [2.45, 2.75) is 20.0 Å². The second kappa shape index (κ2) is 8.45. The van der Waals surface area contributed by atoms with Crippen LogP contribution in [0.4, 0.5) is 10.5 Å². The summed E-state index contributed by atoms with van der Waals surface area (Å²) in [6.07, 6.45) is 6.91. The number of nitrogens with zero attached hydrogens (tertiary/aromatic N) is 3. The largest absolute Gasteiger partial charge is 0.322 e. The van der Waals surface area contributed by atoms with Gasteiger partial charge in [0, 0.05) is 48.6 Å². The van der Waals surface area contributed by atoms with E-state index >= 15 is 0 Å². The molecule has 0 atom stereocenters. The van der Waals surface area contributed by atoms with Crippen molar-refractivity contribution in [1.82, 2.24) is 14.9 Å². The first-order valence-electron chi connectivity index (χ1n) is 8.22. The van der Waals surface area contributed by atoms with Gasteiger partial charge in [-0.25, -0.2) is 4.79 Å². The lowest BCUT2D eigenvalue weighted by Gasteiger charge is -2.23. The molecule has 2 aromatic heterocycles. The summed E-state index contributed by atoms with van der Waals surface area (Å²) < 4.78 is 0. The van der Waals surface area contributed by atoms with Crippen molar-refractivity contribution in [2.75, 3.05) is 5.32 Å². The minimum absolute atomic E-state index is 0.203. The molecule has 0 aliphatic heterocycles. The SMILES string of the molecule is Cc1ccc(NC(=O)N(Cc2ccncc2)Cc2cccnc2)cc1Cl. The fraction of sp³-hybridized carbons (Fsp3) is 0.150. The molecule has 26 heavy (non-hydrogen) atoms. The predicted molar refractivity (Wildman–Crippen MR) is 103 cm³/mol. The number of nitrogens with one attached hydrogen (secondary N) is 1. The zero-order valence-electron chi connectivity index (χ0n) is 14.4. The lowest BCUT2D eigenvalue weighted by atomic mass is 10.2. The van der Waals surface area contributed by atoms with Crippen LogP contribution in [0.15, 0.2) is 67.3 Å². The minimum atomic E-state index is -0.203. The molecule has 132 valence electrons. The average Bonchev–Trinajstić information content (AvgIpc) is 2.66. The van der Waals surface area contributed by atoms with Gasteiger partial charge in [-0.15, -0.1) is 0 Å². The van der Waals surface area contributed by atoms with E-state index in [0.717, 1.165) is 16.7 Å². The molecule has 0 spiro atoms. The highest BCUT2D eigenvalue weighted by Gasteiger charge is 2.15. The third-order valence-electron chi connectivity index (χ3n) is 3.93. The standard InChI is InChI=1S/C20H19ClN4O/c1-15-4-5-18(11-19(15)21)24-20(26)25(13-16-6-9-22-10-7-16)14-17-3-2-8-23-12-17/h2-12H,13-14H2,1H3,(H,24,26). The van der Waals surface area contributed by atoms with Crippen molar-refractivity contribution in [3.05, 3.63) is 89.0 Å². The molecule has 0 radical (unpaired) electrons. The number of halogens is 1. The van der Waals surface area contributed by atoms with E-state index in [2.05, 4.69) is 15.3 Å². The number of carbonyl (C=O) groups is 1. The number of hydrogen-bond acceptors (Lipinski definition) is 3. The molecule has 0 bridgehead atoms. The second-order valence-electron chi connectivity index (χ2n) is 5.97. The molecular weight excluding hydrogens is 348 g/mol. The highest BCUT2D eigenvalue weighted by molar-refractivity contribution is 6.31. The van der Waals surface area contributed by atoms with Gasteiger partial charge in [-0.1, -0.05) is 23.7 Å². The summed E-state index contributed by atoms with van der Waals surface area (Å²) in [7, 11) is 0. The quantitative estimate of drug-likeness (QED) is 0.713. The zero-order valence-corrected chi connectivity index (χ0v) is 15.1. The van der Waals surface area contributed by atoms with Gasteiger partial charge in [-0.05, 0) is 53.9 Å². The lowest BCUT2D eigenvalue weighted by molar-refractivity contribution is 0.206. The Balaban J connectivity index is 1.78. The van der Waals surface area contributed by atoms with Gasteiger partial charge in [-0.3, -0.25) is 9.97 Å². The highest BCUT2D eigenvalue weighted by atomic mass is 35.5. The van der Waals surface area contributed by atoms with Crippen LogP contribution in [0.1, 0.15) is 16.7 Å². The van der Waals surface area contributed by atoms with Crippen LogP contribution >= 0.6 is 11.6 Å². The normalized spacial score (nSPS) is 10.4. The summed E-state index contributed by atoms with van der Waals surface area (Å²) >= 11 is 6.16. The molecule has 0 aliphatic rings. The van der Waals surface area contributed by atoms with E-state index in [9.17, 15) is 4.79 Å². The molecular formula is C20H19ClN4O. The first kappa shape index (κ1) is 17.9. The zero-order chi connectivity index (χ0) is 18.4. The van der Waals surface area contributed by atoms with Crippen LogP contribution in [0, 0.1) is 6.92 Å². The van der Waals surface area contributed by atoms with Crippen LogP contribution in [0.5, 0.6) is 0 Å². The molecule has 6 heteroatoms. The summed E-state index contributed by atoms with van der Waals surface area (Å²) in [4.78, 5) is 22.7. The third-order valence-corrected chi connectivity index (χ3v) is 4.34. The van der Waals surface area contributed by atoms with Crippen LogP contribution in [-0.4, -0.2) is 20.9 Å². The van der Waals surface area contributed by atoms with E-state index in [0.29, 0.717) is 23.8 Å². The Bertz CT molecular complexity index is 830. The number of amides is 2. The highest BCUT2D eigenvalue weighted by Crippen LogP contribution is 2.21. The topological polar surface area (TPSA) is 58.1 Å².